The van der Waals surface area contributed by atoms with Gasteiger partial charge in [-0.05, 0) is 51.3 Å². The Morgan fingerprint density at radius 1 is 1.38 bits per heavy atom. The smallest absolute Gasteiger partial charge is 0.191 e. The summed E-state index contributed by atoms with van der Waals surface area (Å²) in [7, 11) is 0. The zero-order valence-corrected chi connectivity index (χ0v) is 15.5. The number of benzene rings is 1. The predicted molar refractivity (Wildman–Crippen MR) is 99.1 cm³/mol. The van der Waals surface area contributed by atoms with Crippen LogP contribution in [0.4, 0.5) is 4.39 Å². The number of hydrogen-bond acceptors (Lipinski definition) is 2. The van der Waals surface area contributed by atoms with E-state index in [0.717, 1.165) is 44.0 Å². The summed E-state index contributed by atoms with van der Waals surface area (Å²) in [6, 6.07) is 5.78. The molecule has 0 atom stereocenters. The van der Waals surface area contributed by atoms with E-state index in [-0.39, 0.29) is 5.02 Å². The van der Waals surface area contributed by atoms with Gasteiger partial charge < -0.3 is 15.5 Å². The molecule has 0 unspecified atom stereocenters. The van der Waals surface area contributed by atoms with Crippen molar-refractivity contribution >= 4 is 17.6 Å². The van der Waals surface area contributed by atoms with Gasteiger partial charge in [0.2, 0.25) is 0 Å². The van der Waals surface area contributed by atoms with E-state index in [1.165, 1.54) is 6.07 Å². The lowest BCUT2D eigenvalue weighted by Crippen LogP contribution is -2.49. The summed E-state index contributed by atoms with van der Waals surface area (Å²) >= 11 is 5.83. The highest BCUT2D eigenvalue weighted by Gasteiger charge is 2.21. The summed E-state index contributed by atoms with van der Waals surface area (Å²) in [5, 5.41) is 6.94. The van der Waals surface area contributed by atoms with E-state index in [0.29, 0.717) is 18.6 Å². The largest absolute Gasteiger partial charge is 0.357 e. The molecule has 0 spiro atoms. The second-order valence-electron chi connectivity index (χ2n) is 6.49. The van der Waals surface area contributed by atoms with Crippen LogP contribution in [0.5, 0.6) is 0 Å². The first-order chi connectivity index (χ1) is 11.5. The van der Waals surface area contributed by atoms with Crippen LogP contribution in [0.15, 0.2) is 23.2 Å². The van der Waals surface area contributed by atoms with Gasteiger partial charge in [-0.25, -0.2) is 9.38 Å². The van der Waals surface area contributed by atoms with E-state index in [9.17, 15) is 4.39 Å². The van der Waals surface area contributed by atoms with E-state index in [1.54, 1.807) is 12.1 Å². The van der Waals surface area contributed by atoms with Crippen molar-refractivity contribution in [3.63, 3.8) is 0 Å². The minimum absolute atomic E-state index is 0.140. The highest BCUT2D eigenvalue weighted by atomic mass is 35.5. The first-order valence-electron chi connectivity index (χ1n) is 8.72. The number of nitrogens with one attached hydrogen (secondary N) is 2. The third-order valence-electron chi connectivity index (χ3n) is 4.35. The Morgan fingerprint density at radius 3 is 2.67 bits per heavy atom. The molecular formula is C18H28ClFN4. The molecule has 4 nitrogen and oxygen atoms in total. The Labute approximate surface area is 149 Å². The summed E-state index contributed by atoms with van der Waals surface area (Å²) < 4.78 is 13.2. The molecule has 0 aromatic heterocycles. The maximum Gasteiger partial charge on any atom is 0.191 e. The zero-order chi connectivity index (χ0) is 17.5. The molecule has 0 radical (unpaired) electrons. The van der Waals surface area contributed by atoms with Crippen molar-refractivity contribution in [2.75, 3.05) is 19.6 Å². The first-order valence-corrected chi connectivity index (χ1v) is 9.10. The van der Waals surface area contributed by atoms with Gasteiger partial charge in [0.15, 0.2) is 5.96 Å². The Morgan fingerprint density at radius 2 is 2.08 bits per heavy atom. The molecule has 134 valence electrons. The van der Waals surface area contributed by atoms with Gasteiger partial charge in [-0.15, -0.1) is 0 Å². The van der Waals surface area contributed by atoms with Crippen molar-refractivity contribution in [2.24, 2.45) is 4.99 Å². The Bertz CT molecular complexity index is 554. The van der Waals surface area contributed by atoms with Crippen LogP contribution in [0.1, 0.15) is 39.2 Å². The normalized spacial score (nSPS) is 17.3. The van der Waals surface area contributed by atoms with E-state index >= 15 is 0 Å². The predicted octanol–water partition coefficient (Wildman–Crippen LogP) is 3.41. The highest BCUT2D eigenvalue weighted by molar-refractivity contribution is 6.30. The second kappa shape index (κ2) is 9.23. The molecule has 24 heavy (non-hydrogen) atoms. The molecule has 2 rings (SSSR count). The van der Waals surface area contributed by atoms with Gasteiger partial charge in [0.1, 0.15) is 5.82 Å². The maximum absolute atomic E-state index is 13.2. The second-order valence-corrected chi connectivity index (χ2v) is 6.90. The van der Waals surface area contributed by atoms with Crippen LogP contribution in [-0.4, -0.2) is 42.6 Å². The van der Waals surface area contributed by atoms with Crippen LogP contribution in [-0.2, 0) is 6.54 Å². The van der Waals surface area contributed by atoms with Crippen molar-refractivity contribution in [3.8, 4) is 0 Å². The van der Waals surface area contributed by atoms with Crippen molar-refractivity contribution in [2.45, 2.75) is 52.2 Å². The van der Waals surface area contributed by atoms with Crippen LogP contribution in [0.2, 0.25) is 5.02 Å². The molecule has 6 heteroatoms. The number of halogens is 2. The number of rotatable bonds is 5. The molecule has 1 fully saturated rings. The lowest BCUT2D eigenvalue weighted by atomic mass is 10.0. The van der Waals surface area contributed by atoms with Gasteiger partial charge in [0.25, 0.3) is 0 Å². The Kier molecular flexibility index (Phi) is 7.31. The standard InChI is InChI=1S/C18H28ClFN4/c1-4-21-18(22-12-14-5-6-17(20)16(19)11-14)23-15-7-9-24(10-8-15)13(2)3/h5-6,11,13,15H,4,7-10,12H2,1-3H3,(H2,21,22,23). The fourth-order valence-corrected chi connectivity index (χ4v) is 3.09. The van der Waals surface area contributed by atoms with E-state index in [2.05, 4.69) is 34.4 Å². The molecule has 1 aliphatic heterocycles. The highest BCUT2D eigenvalue weighted by Crippen LogP contribution is 2.17. The van der Waals surface area contributed by atoms with Gasteiger partial charge in [-0.3, -0.25) is 0 Å². The monoisotopic (exact) mass is 354 g/mol. The Balaban J connectivity index is 1.92. The number of nitrogens with zero attached hydrogens (tertiary/aromatic N) is 2. The van der Waals surface area contributed by atoms with E-state index in [1.807, 2.05) is 6.92 Å². The van der Waals surface area contributed by atoms with Crippen LogP contribution in [0.25, 0.3) is 0 Å². The molecule has 2 N–H and O–H groups in total. The van der Waals surface area contributed by atoms with Gasteiger partial charge >= 0.3 is 0 Å². The molecule has 1 saturated heterocycles. The number of piperidine rings is 1. The molecule has 0 bridgehead atoms. The summed E-state index contributed by atoms with van der Waals surface area (Å²) in [5.41, 5.74) is 0.897. The average molecular weight is 355 g/mol. The summed E-state index contributed by atoms with van der Waals surface area (Å²) in [5.74, 6) is 0.410. The molecular weight excluding hydrogens is 327 g/mol. The summed E-state index contributed by atoms with van der Waals surface area (Å²) in [6.07, 6.45) is 2.23. The van der Waals surface area contributed by atoms with Crippen LogP contribution < -0.4 is 10.6 Å². The van der Waals surface area contributed by atoms with Crippen molar-refractivity contribution in [1.82, 2.24) is 15.5 Å². The van der Waals surface area contributed by atoms with E-state index < -0.39 is 5.82 Å². The quantitative estimate of drug-likeness (QED) is 0.628. The summed E-state index contributed by atoms with van der Waals surface area (Å²) in [4.78, 5) is 7.11. The number of aliphatic imine (C=N–C) groups is 1. The molecule has 0 amide bonds. The minimum atomic E-state index is -0.397. The third kappa shape index (κ3) is 5.64. The number of likely N-dealkylation sites (tertiary alicyclic amines) is 1. The minimum Gasteiger partial charge on any atom is -0.357 e. The SMILES string of the molecule is CCNC(=NCc1ccc(F)c(Cl)c1)NC1CCN(C(C)C)CC1. The van der Waals surface area contributed by atoms with Gasteiger partial charge in [0.05, 0.1) is 11.6 Å². The molecule has 0 aliphatic carbocycles. The molecule has 1 aliphatic rings. The number of hydrogen-bond donors (Lipinski definition) is 2. The zero-order valence-electron chi connectivity index (χ0n) is 14.8. The van der Waals surface area contributed by atoms with Gasteiger partial charge in [-0.2, -0.15) is 0 Å². The van der Waals surface area contributed by atoms with Crippen molar-refractivity contribution < 1.29 is 4.39 Å². The lowest BCUT2D eigenvalue weighted by molar-refractivity contribution is 0.167. The van der Waals surface area contributed by atoms with E-state index in [4.69, 9.17) is 11.6 Å². The third-order valence-corrected chi connectivity index (χ3v) is 4.64. The lowest BCUT2D eigenvalue weighted by Gasteiger charge is -2.35. The molecule has 1 aromatic rings. The topological polar surface area (TPSA) is 39.7 Å². The van der Waals surface area contributed by atoms with Crippen molar-refractivity contribution in [1.29, 1.82) is 0 Å². The number of guanidine groups is 1. The fourth-order valence-electron chi connectivity index (χ4n) is 2.88. The summed E-state index contributed by atoms with van der Waals surface area (Å²) in [6.45, 7) is 10.0. The maximum atomic E-state index is 13.2. The van der Waals surface area contributed by atoms with Crippen LogP contribution >= 0.6 is 11.6 Å². The average Bonchev–Trinajstić information content (AvgIpc) is 2.56. The van der Waals surface area contributed by atoms with Crippen molar-refractivity contribution in [3.05, 3.63) is 34.6 Å². The van der Waals surface area contributed by atoms with Gasteiger partial charge in [0, 0.05) is 31.7 Å². The van der Waals surface area contributed by atoms with Crippen LogP contribution in [0, 0.1) is 5.82 Å². The molecule has 0 saturated carbocycles. The Hall–Kier alpha value is -1.33. The van der Waals surface area contributed by atoms with Gasteiger partial charge in [-0.1, -0.05) is 17.7 Å². The van der Waals surface area contributed by atoms with Crippen LogP contribution in [0.3, 0.4) is 0 Å². The molecule has 1 aromatic carbocycles. The molecule has 1 heterocycles. The first kappa shape index (κ1) is 19.0. The fraction of sp³-hybridized carbons (Fsp3) is 0.611.